The van der Waals surface area contributed by atoms with Crippen molar-refractivity contribution in [2.75, 3.05) is 13.2 Å². The monoisotopic (exact) mass is 669 g/mol. The standard InChI is InChI=1S/C10H20.2C7H19Si2.C4H8O.La/c1-6-7(2)9(4)10(5)8(6)3;2*1-8(2,3)7-9(4,5)6;1-2-4-5-3-1;/h6-10H,1-5H3;2*7H,1-6H3;1-4H2;/q;2*-1;;+3. The van der Waals surface area contributed by atoms with Crippen molar-refractivity contribution in [3.8, 4) is 0 Å². The molecule has 34 heavy (non-hydrogen) atoms. The van der Waals surface area contributed by atoms with Gasteiger partial charge in [-0.05, 0) is 42.4 Å². The number of hydrogen-bond donors (Lipinski definition) is 0. The van der Waals surface area contributed by atoms with E-state index in [0.717, 1.165) is 42.8 Å². The van der Waals surface area contributed by atoms with Crippen molar-refractivity contribution in [3.05, 3.63) is 11.3 Å². The van der Waals surface area contributed by atoms with Crippen molar-refractivity contribution >= 4 is 32.3 Å². The SMILES string of the molecule is C1CCOC1.CC1C(C)C(C)C(C)C1C.C[Si](C)(C)[CH-][Si](C)(C)C.C[Si](C)(C)[CH-][Si](C)(C)C.[La+3]. The Morgan fingerprint density at radius 2 is 0.618 bits per heavy atom. The largest absolute Gasteiger partial charge is 3.00 e. The zero-order valence-electron chi connectivity index (χ0n) is 26.9. The summed E-state index contributed by atoms with van der Waals surface area (Å²) in [5.74, 6) is 4.68. The van der Waals surface area contributed by atoms with Gasteiger partial charge in [0.05, 0.1) is 0 Å². The van der Waals surface area contributed by atoms with E-state index in [1.165, 1.54) is 12.8 Å². The molecule has 0 aromatic heterocycles. The minimum absolute atomic E-state index is 0. The Bertz CT molecular complexity index is 394. The second kappa shape index (κ2) is 17.6. The van der Waals surface area contributed by atoms with Gasteiger partial charge in [-0.3, -0.25) is 0 Å². The minimum Gasteiger partial charge on any atom is -0.381 e. The van der Waals surface area contributed by atoms with E-state index in [-0.39, 0.29) is 35.6 Å². The van der Waals surface area contributed by atoms with E-state index in [1.54, 1.807) is 0 Å². The summed E-state index contributed by atoms with van der Waals surface area (Å²) in [4.78, 5) is 0. The second-order valence-electron chi connectivity index (χ2n) is 15.4. The quantitative estimate of drug-likeness (QED) is 0.214. The molecule has 0 aromatic carbocycles. The second-order valence-corrected chi connectivity index (χ2v) is 36.6. The summed E-state index contributed by atoms with van der Waals surface area (Å²) >= 11 is 0. The Morgan fingerprint density at radius 1 is 0.441 bits per heavy atom. The van der Waals surface area contributed by atoms with Gasteiger partial charge in [0.15, 0.2) is 0 Å². The van der Waals surface area contributed by atoms with Gasteiger partial charge < -0.3 is 16.1 Å². The molecule has 0 atom stereocenters. The average Bonchev–Trinajstić information content (AvgIpc) is 3.16. The van der Waals surface area contributed by atoms with E-state index >= 15 is 0 Å². The van der Waals surface area contributed by atoms with E-state index in [0.29, 0.717) is 0 Å². The predicted molar refractivity (Wildman–Crippen MR) is 168 cm³/mol. The van der Waals surface area contributed by atoms with Gasteiger partial charge in [-0.1, -0.05) is 113 Å². The van der Waals surface area contributed by atoms with Crippen LogP contribution in [0.4, 0.5) is 0 Å². The van der Waals surface area contributed by atoms with Crippen LogP contribution in [0.5, 0.6) is 0 Å². The van der Waals surface area contributed by atoms with Crippen LogP contribution in [0.1, 0.15) is 47.5 Å². The third-order valence-corrected chi connectivity index (χ3v) is 20.6. The molecular formula is C28H66LaOSi4+. The van der Waals surface area contributed by atoms with E-state index in [2.05, 4.69) is 125 Å². The van der Waals surface area contributed by atoms with Crippen LogP contribution >= 0.6 is 0 Å². The van der Waals surface area contributed by atoms with Crippen LogP contribution < -0.4 is 0 Å². The summed E-state index contributed by atoms with van der Waals surface area (Å²) in [6, 6.07) is 0. The maximum atomic E-state index is 4.94. The van der Waals surface area contributed by atoms with Crippen LogP contribution in [-0.4, -0.2) is 45.5 Å². The molecule has 0 aromatic rings. The van der Waals surface area contributed by atoms with Crippen LogP contribution in [0.2, 0.25) is 78.6 Å². The Kier molecular flexibility index (Phi) is 20.9. The average molecular weight is 670 g/mol. The topological polar surface area (TPSA) is 9.23 Å². The maximum Gasteiger partial charge on any atom is 3.00 e. The van der Waals surface area contributed by atoms with Crippen molar-refractivity contribution in [1.29, 1.82) is 0 Å². The zero-order chi connectivity index (χ0) is 26.8. The van der Waals surface area contributed by atoms with Crippen molar-refractivity contribution in [2.45, 2.75) is 126 Å². The number of hydrogen-bond acceptors (Lipinski definition) is 1. The van der Waals surface area contributed by atoms with E-state index in [9.17, 15) is 0 Å². The summed E-state index contributed by atoms with van der Waals surface area (Å²) in [6.07, 6.45) is 2.56. The molecule has 1 nitrogen and oxygen atoms in total. The van der Waals surface area contributed by atoms with Crippen LogP contribution in [0, 0.1) is 76.5 Å². The molecule has 1 saturated heterocycles. The molecule has 202 valence electrons. The fraction of sp³-hybridized carbons (Fsp3) is 0.929. The first-order valence-corrected chi connectivity index (χ1v) is 28.1. The summed E-state index contributed by atoms with van der Waals surface area (Å²) in [7, 11) is -3.42. The van der Waals surface area contributed by atoms with Gasteiger partial charge >= 0.3 is 35.6 Å². The normalized spacial score (nSPS) is 27.3. The minimum atomic E-state index is -0.856. The van der Waals surface area contributed by atoms with Gasteiger partial charge in [0.1, 0.15) is 0 Å². The Hall–Kier alpha value is 2.02. The van der Waals surface area contributed by atoms with Gasteiger partial charge in [0.2, 0.25) is 0 Å². The first-order chi connectivity index (χ1) is 14.5. The zero-order valence-corrected chi connectivity index (χ0v) is 34.5. The summed E-state index contributed by atoms with van der Waals surface area (Å²) < 4.78 is 4.94. The van der Waals surface area contributed by atoms with Crippen LogP contribution in [-0.2, 0) is 4.74 Å². The fourth-order valence-electron chi connectivity index (χ4n) is 5.50. The van der Waals surface area contributed by atoms with E-state index in [1.807, 2.05) is 0 Å². The molecule has 0 amide bonds. The first kappa shape index (κ1) is 40.5. The molecule has 1 aliphatic heterocycles. The van der Waals surface area contributed by atoms with Gasteiger partial charge in [-0.25, -0.2) is 0 Å². The Labute approximate surface area is 250 Å². The molecule has 0 unspecified atom stereocenters. The first-order valence-electron chi connectivity index (χ1n) is 13.8. The van der Waals surface area contributed by atoms with Gasteiger partial charge in [-0.15, -0.1) is 32.3 Å². The van der Waals surface area contributed by atoms with Gasteiger partial charge in [-0.2, -0.15) is 0 Å². The fourth-order valence-corrected chi connectivity index (χ4v) is 26.3. The number of rotatable bonds is 4. The Balaban J connectivity index is -0.000000381. The summed E-state index contributed by atoms with van der Waals surface area (Å²) in [5.41, 5.74) is 5.31. The van der Waals surface area contributed by atoms with Crippen molar-refractivity contribution in [2.24, 2.45) is 29.6 Å². The third-order valence-electron chi connectivity index (χ3n) is 6.71. The molecule has 1 saturated carbocycles. The van der Waals surface area contributed by atoms with Crippen LogP contribution in [0.3, 0.4) is 0 Å². The molecule has 0 bridgehead atoms. The summed E-state index contributed by atoms with van der Waals surface area (Å²) in [6.45, 7) is 42.9. The third kappa shape index (κ3) is 24.4. The van der Waals surface area contributed by atoms with Gasteiger partial charge in [0, 0.05) is 13.2 Å². The maximum absolute atomic E-state index is 4.94. The van der Waals surface area contributed by atoms with Crippen LogP contribution in [0.25, 0.3) is 0 Å². The van der Waals surface area contributed by atoms with Crippen molar-refractivity contribution in [3.63, 3.8) is 0 Å². The van der Waals surface area contributed by atoms with E-state index < -0.39 is 32.3 Å². The molecule has 2 rings (SSSR count). The molecule has 2 aliphatic rings. The molecule has 6 heteroatoms. The molecule has 0 radical (unpaired) electrons. The molecule has 2 fully saturated rings. The van der Waals surface area contributed by atoms with E-state index in [4.69, 9.17) is 4.74 Å². The van der Waals surface area contributed by atoms with Gasteiger partial charge in [0.25, 0.3) is 0 Å². The van der Waals surface area contributed by atoms with Crippen molar-refractivity contribution in [1.82, 2.24) is 0 Å². The summed E-state index contributed by atoms with van der Waals surface area (Å²) in [5, 5.41) is 0. The smallest absolute Gasteiger partial charge is 0.381 e. The number of ether oxygens (including phenoxy) is 1. The molecule has 1 aliphatic carbocycles. The molecule has 0 N–H and O–H groups in total. The Morgan fingerprint density at radius 3 is 0.676 bits per heavy atom. The predicted octanol–water partition coefficient (Wildman–Crippen LogP) is 9.87. The molecule has 0 spiro atoms. The molecule has 1 heterocycles. The molecular weight excluding hydrogens is 604 g/mol. The van der Waals surface area contributed by atoms with Crippen LogP contribution in [0.15, 0.2) is 0 Å². The van der Waals surface area contributed by atoms with Crippen molar-refractivity contribution < 1.29 is 40.3 Å².